The van der Waals surface area contributed by atoms with E-state index in [-0.39, 0.29) is 12.4 Å². The number of hydrogen-bond acceptors (Lipinski definition) is 4. The summed E-state index contributed by atoms with van der Waals surface area (Å²) in [4.78, 5) is 28.6. The van der Waals surface area contributed by atoms with Crippen molar-refractivity contribution in [3.05, 3.63) is 0 Å². The van der Waals surface area contributed by atoms with Crippen LogP contribution in [0.15, 0.2) is 0 Å². The van der Waals surface area contributed by atoms with Gasteiger partial charge in [0.15, 0.2) is 0 Å². The molecule has 6 nitrogen and oxygen atoms in total. The Hall–Kier alpha value is -1.59. The molecule has 0 amide bonds. The highest BCUT2D eigenvalue weighted by Crippen LogP contribution is 1.80. The Morgan fingerprint density at radius 3 is 1.38 bits per heavy atom. The molecule has 0 heterocycles. The van der Waals surface area contributed by atoms with Gasteiger partial charge < -0.3 is 14.9 Å². The fourth-order valence-electron chi connectivity index (χ4n) is 0.263. The van der Waals surface area contributed by atoms with Gasteiger partial charge in [-0.2, -0.15) is 0 Å². The van der Waals surface area contributed by atoms with Crippen molar-refractivity contribution >= 4 is 17.9 Å². The molecule has 0 unspecified atom stereocenters. The molecular formula is C10H20O6. The maximum atomic E-state index is 10.2. The average Bonchev–Trinajstić information content (AvgIpc) is 2.18. The van der Waals surface area contributed by atoms with Crippen LogP contribution in [0.1, 0.15) is 40.5 Å². The Balaban J connectivity index is -0.000000166. The monoisotopic (exact) mass is 236 g/mol. The van der Waals surface area contributed by atoms with Gasteiger partial charge in [-0.15, -0.1) is 0 Å². The SMILES string of the molecule is CC(=O)O.CCC(=O)O.CCOC(=O)CC. The predicted octanol–water partition coefficient (Wildman–Crippen LogP) is 1.53. The first-order chi connectivity index (χ1) is 7.31. The summed E-state index contributed by atoms with van der Waals surface area (Å²) in [5, 5.41) is 15.1. The van der Waals surface area contributed by atoms with Crippen LogP contribution in [0.4, 0.5) is 0 Å². The summed E-state index contributed by atoms with van der Waals surface area (Å²) < 4.78 is 4.55. The molecule has 0 spiro atoms. The minimum atomic E-state index is -0.833. The lowest BCUT2D eigenvalue weighted by Crippen LogP contribution is -2.00. The number of carbonyl (C=O) groups excluding carboxylic acids is 1. The topological polar surface area (TPSA) is 101 Å². The van der Waals surface area contributed by atoms with Crippen molar-refractivity contribution in [1.82, 2.24) is 0 Å². The number of esters is 1. The zero-order valence-corrected chi connectivity index (χ0v) is 10.1. The van der Waals surface area contributed by atoms with Crippen molar-refractivity contribution in [3.8, 4) is 0 Å². The van der Waals surface area contributed by atoms with Crippen molar-refractivity contribution in [2.45, 2.75) is 40.5 Å². The second kappa shape index (κ2) is 15.9. The molecule has 96 valence electrons. The highest BCUT2D eigenvalue weighted by atomic mass is 16.5. The lowest BCUT2D eigenvalue weighted by molar-refractivity contribution is -0.142. The number of carboxylic acids is 2. The van der Waals surface area contributed by atoms with Crippen LogP contribution in [0.3, 0.4) is 0 Å². The summed E-state index contributed by atoms with van der Waals surface area (Å²) in [6.07, 6.45) is 0.702. The molecule has 0 radical (unpaired) electrons. The maximum absolute atomic E-state index is 10.2. The standard InChI is InChI=1S/C5H10O2.C3H6O2.C2H4O2/c1-3-5(6)7-4-2;1-2-3(4)5;1-2(3)4/h3-4H2,1-2H3;2H2,1H3,(H,4,5);1H3,(H,3,4). The van der Waals surface area contributed by atoms with E-state index >= 15 is 0 Å². The summed E-state index contributed by atoms with van der Waals surface area (Å²) in [6.45, 7) is 6.75. The van der Waals surface area contributed by atoms with E-state index in [1.165, 1.54) is 0 Å². The minimum absolute atomic E-state index is 0.123. The molecule has 0 aliphatic heterocycles. The number of carbonyl (C=O) groups is 3. The fourth-order valence-corrected chi connectivity index (χ4v) is 0.263. The van der Waals surface area contributed by atoms with Crippen LogP contribution in [0, 0.1) is 0 Å². The zero-order valence-electron chi connectivity index (χ0n) is 10.1. The average molecular weight is 236 g/mol. The van der Waals surface area contributed by atoms with E-state index in [0.717, 1.165) is 6.92 Å². The van der Waals surface area contributed by atoms with Crippen LogP contribution in [0.25, 0.3) is 0 Å². The molecule has 0 aliphatic carbocycles. The quantitative estimate of drug-likeness (QED) is 0.720. The van der Waals surface area contributed by atoms with Gasteiger partial charge in [-0.1, -0.05) is 13.8 Å². The maximum Gasteiger partial charge on any atom is 0.305 e. The van der Waals surface area contributed by atoms with Gasteiger partial charge in [0.2, 0.25) is 0 Å². The van der Waals surface area contributed by atoms with E-state index in [1.54, 1.807) is 20.8 Å². The predicted molar refractivity (Wildman–Crippen MR) is 58.2 cm³/mol. The molecule has 0 bridgehead atoms. The zero-order chi connectivity index (χ0) is 13.6. The molecule has 0 fully saturated rings. The number of ether oxygens (including phenoxy) is 1. The Kier molecular flexibility index (Phi) is 19.7. The van der Waals surface area contributed by atoms with Crippen molar-refractivity contribution < 1.29 is 29.3 Å². The van der Waals surface area contributed by atoms with Crippen LogP contribution in [-0.2, 0) is 19.1 Å². The van der Waals surface area contributed by atoms with Crippen LogP contribution in [-0.4, -0.2) is 34.7 Å². The molecule has 2 N–H and O–H groups in total. The molecule has 6 heteroatoms. The fraction of sp³-hybridized carbons (Fsp3) is 0.700. The van der Waals surface area contributed by atoms with Crippen molar-refractivity contribution in [1.29, 1.82) is 0 Å². The van der Waals surface area contributed by atoms with Gasteiger partial charge in [0.1, 0.15) is 0 Å². The lowest BCUT2D eigenvalue weighted by Gasteiger charge is -1.93. The van der Waals surface area contributed by atoms with Gasteiger partial charge in [-0.05, 0) is 6.92 Å². The number of hydrogen-bond donors (Lipinski definition) is 2. The van der Waals surface area contributed by atoms with Gasteiger partial charge in [-0.3, -0.25) is 14.4 Å². The highest BCUT2D eigenvalue weighted by Gasteiger charge is 1.91. The number of aliphatic carboxylic acids is 2. The summed E-state index contributed by atoms with van der Waals surface area (Å²) in [6, 6.07) is 0. The van der Waals surface area contributed by atoms with E-state index in [1.807, 2.05) is 0 Å². The molecule has 0 rings (SSSR count). The van der Waals surface area contributed by atoms with Crippen LogP contribution < -0.4 is 0 Å². The molecule has 0 aromatic rings. The van der Waals surface area contributed by atoms with Gasteiger partial charge in [0.05, 0.1) is 6.61 Å². The Morgan fingerprint density at radius 1 is 1.00 bits per heavy atom. The van der Waals surface area contributed by atoms with Crippen LogP contribution in [0.2, 0.25) is 0 Å². The number of rotatable bonds is 3. The molecule has 0 atom stereocenters. The van der Waals surface area contributed by atoms with Gasteiger partial charge in [-0.25, -0.2) is 0 Å². The summed E-state index contributed by atoms with van der Waals surface area (Å²) >= 11 is 0. The molecular weight excluding hydrogens is 216 g/mol. The van der Waals surface area contributed by atoms with E-state index in [2.05, 4.69) is 4.74 Å². The minimum Gasteiger partial charge on any atom is -0.481 e. The smallest absolute Gasteiger partial charge is 0.305 e. The van der Waals surface area contributed by atoms with Crippen LogP contribution >= 0.6 is 0 Å². The van der Waals surface area contributed by atoms with E-state index in [9.17, 15) is 9.59 Å². The summed E-state index contributed by atoms with van der Waals surface area (Å²) in [5.41, 5.74) is 0. The van der Waals surface area contributed by atoms with Crippen molar-refractivity contribution in [2.75, 3.05) is 6.61 Å². The van der Waals surface area contributed by atoms with Gasteiger partial charge in [0.25, 0.3) is 5.97 Å². The second-order valence-electron chi connectivity index (χ2n) is 2.42. The first-order valence-corrected chi connectivity index (χ1v) is 4.88. The van der Waals surface area contributed by atoms with Crippen molar-refractivity contribution in [2.24, 2.45) is 0 Å². The normalized spacial score (nSPS) is 7.50. The Bertz CT molecular complexity index is 195. The first-order valence-electron chi connectivity index (χ1n) is 4.88. The first kappa shape index (κ1) is 19.9. The highest BCUT2D eigenvalue weighted by molar-refractivity contribution is 5.68. The molecule has 0 aliphatic rings. The van der Waals surface area contributed by atoms with E-state index in [0.29, 0.717) is 13.0 Å². The Labute approximate surface area is 95.2 Å². The third-order valence-electron chi connectivity index (χ3n) is 0.896. The van der Waals surface area contributed by atoms with Gasteiger partial charge >= 0.3 is 11.9 Å². The molecule has 0 saturated heterocycles. The molecule has 0 aromatic heterocycles. The van der Waals surface area contributed by atoms with Gasteiger partial charge in [0, 0.05) is 19.8 Å². The van der Waals surface area contributed by atoms with E-state index in [4.69, 9.17) is 15.0 Å². The lowest BCUT2D eigenvalue weighted by atomic mass is 10.5. The Morgan fingerprint density at radius 2 is 1.31 bits per heavy atom. The third-order valence-corrected chi connectivity index (χ3v) is 0.896. The third kappa shape index (κ3) is 55.2. The second-order valence-corrected chi connectivity index (χ2v) is 2.42. The molecule has 0 saturated carbocycles. The summed E-state index contributed by atoms with van der Waals surface area (Å²) in [5.74, 6) is -1.70. The van der Waals surface area contributed by atoms with Crippen molar-refractivity contribution in [3.63, 3.8) is 0 Å². The van der Waals surface area contributed by atoms with E-state index < -0.39 is 11.9 Å². The van der Waals surface area contributed by atoms with Crippen LogP contribution in [0.5, 0.6) is 0 Å². The molecule has 0 aromatic carbocycles. The molecule has 16 heavy (non-hydrogen) atoms. The summed E-state index contributed by atoms with van der Waals surface area (Å²) in [7, 11) is 0. The largest absolute Gasteiger partial charge is 0.481 e. The number of carboxylic acid groups (broad SMARTS) is 2.